The Bertz CT molecular complexity index is 1020. The Labute approximate surface area is 177 Å². The quantitative estimate of drug-likeness (QED) is 0.261. The summed E-state index contributed by atoms with van der Waals surface area (Å²) >= 11 is 6.52. The number of benzene rings is 2. The zero-order chi connectivity index (χ0) is 20.8. The number of hydrogen-bond acceptors (Lipinski definition) is 6. The van der Waals surface area contributed by atoms with Gasteiger partial charge < -0.3 is 14.8 Å². The Morgan fingerprint density at radius 2 is 1.93 bits per heavy atom. The van der Waals surface area contributed by atoms with Crippen LogP contribution in [0, 0.1) is 21.4 Å². The van der Waals surface area contributed by atoms with Gasteiger partial charge in [-0.05, 0) is 61.7 Å². The molecule has 144 valence electrons. The van der Waals surface area contributed by atoms with E-state index >= 15 is 0 Å². The SMILES string of the molecule is COc1cc(C=C(C#N)C(=O)Nc2ccc([N+](=O)[O-])cc2Br)cc(Br)c1OC. The van der Waals surface area contributed by atoms with E-state index in [1.54, 1.807) is 12.1 Å². The lowest BCUT2D eigenvalue weighted by molar-refractivity contribution is -0.384. The molecule has 0 bridgehead atoms. The van der Waals surface area contributed by atoms with Crippen LogP contribution in [0.2, 0.25) is 0 Å². The van der Waals surface area contributed by atoms with Gasteiger partial charge in [0.1, 0.15) is 11.6 Å². The first-order chi connectivity index (χ1) is 13.3. The molecule has 0 saturated heterocycles. The summed E-state index contributed by atoms with van der Waals surface area (Å²) in [7, 11) is 2.97. The maximum Gasteiger partial charge on any atom is 0.270 e. The summed E-state index contributed by atoms with van der Waals surface area (Å²) in [4.78, 5) is 22.7. The number of methoxy groups -OCH3 is 2. The third-order valence-electron chi connectivity index (χ3n) is 3.54. The van der Waals surface area contributed by atoms with Crippen molar-refractivity contribution in [1.29, 1.82) is 5.26 Å². The molecule has 2 rings (SSSR count). The molecular weight excluding hydrogens is 498 g/mol. The molecule has 0 radical (unpaired) electrons. The topological polar surface area (TPSA) is 114 Å². The van der Waals surface area contributed by atoms with E-state index in [0.717, 1.165) is 0 Å². The molecule has 0 unspecified atom stereocenters. The molecule has 0 heterocycles. The first-order valence-corrected chi connectivity index (χ1v) is 9.18. The van der Waals surface area contributed by atoms with Crippen LogP contribution >= 0.6 is 31.9 Å². The van der Waals surface area contributed by atoms with Gasteiger partial charge in [-0.15, -0.1) is 0 Å². The standard InChI is InChI=1S/C18H13Br2N3O5/c1-27-16-7-10(6-14(20)17(16)28-2)5-11(9-21)18(24)22-15-4-3-12(23(25)26)8-13(15)19/h3-8H,1-2H3,(H,22,24). The molecule has 0 aliphatic heterocycles. The number of hydrogen-bond donors (Lipinski definition) is 1. The first kappa shape index (κ1) is 21.4. The van der Waals surface area contributed by atoms with Gasteiger partial charge in [0, 0.05) is 16.6 Å². The van der Waals surface area contributed by atoms with Gasteiger partial charge in [0.25, 0.3) is 11.6 Å². The largest absolute Gasteiger partial charge is 0.493 e. The second-order valence-electron chi connectivity index (χ2n) is 5.28. The molecule has 1 amide bonds. The zero-order valence-corrected chi connectivity index (χ0v) is 17.8. The van der Waals surface area contributed by atoms with Gasteiger partial charge in [-0.3, -0.25) is 14.9 Å². The molecule has 0 saturated carbocycles. The van der Waals surface area contributed by atoms with E-state index in [0.29, 0.717) is 31.7 Å². The van der Waals surface area contributed by atoms with E-state index in [4.69, 9.17) is 9.47 Å². The van der Waals surface area contributed by atoms with Crippen LogP contribution in [0.15, 0.2) is 44.9 Å². The molecule has 2 aromatic rings. The van der Waals surface area contributed by atoms with Gasteiger partial charge in [0.15, 0.2) is 11.5 Å². The minimum absolute atomic E-state index is 0.129. The monoisotopic (exact) mass is 509 g/mol. The lowest BCUT2D eigenvalue weighted by Gasteiger charge is -2.11. The van der Waals surface area contributed by atoms with Gasteiger partial charge in [-0.25, -0.2) is 0 Å². The number of nitro groups is 1. The zero-order valence-electron chi connectivity index (χ0n) is 14.7. The van der Waals surface area contributed by atoms with Crippen molar-refractivity contribution in [2.24, 2.45) is 0 Å². The summed E-state index contributed by atoms with van der Waals surface area (Å²) in [6, 6.07) is 9.03. The lowest BCUT2D eigenvalue weighted by Crippen LogP contribution is -2.14. The average molecular weight is 511 g/mol. The van der Waals surface area contributed by atoms with Crippen molar-refractivity contribution in [3.05, 3.63) is 60.5 Å². The molecule has 0 aromatic heterocycles. The minimum Gasteiger partial charge on any atom is -0.493 e. The number of rotatable bonds is 6. The van der Waals surface area contributed by atoms with Gasteiger partial charge in [-0.1, -0.05) is 0 Å². The normalized spacial score (nSPS) is 10.8. The Hall–Kier alpha value is -2.90. The Balaban J connectivity index is 2.33. The fourth-order valence-electron chi connectivity index (χ4n) is 2.25. The maximum atomic E-state index is 12.5. The van der Waals surface area contributed by atoms with Crippen molar-refractivity contribution in [3.8, 4) is 17.6 Å². The second kappa shape index (κ2) is 9.34. The van der Waals surface area contributed by atoms with E-state index in [-0.39, 0.29) is 11.3 Å². The van der Waals surface area contributed by atoms with Crippen molar-refractivity contribution in [2.45, 2.75) is 0 Å². The molecule has 2 aromatic carbocycles. The van der Waals surface area contributed by atoms with Gasteiger partial charge in [-0.2, -0.15) is 5.26 Å². The van der Waals surface area contributed by atoms with Crippen LogP contribution in [0.3, 0.4) is 0 Å². The van der Waals surface area contributed by atoms with Gasteiger partial charge in [0.2, 0.25) is 0 Å². The predicted octanol–water partition coefficient (Wildman–Crippen LogP) is 4.68. The molecule has 0 atom stereocenters. The fourth-order valence-corrected chi connectivity index (χ4v) is 3.33. The third-order valence-corrected chi connectivity index (χ3v) is 4.79. The number of halogens is 2. The summed E-state index contributed by atoms with van der Waals surface area (Å²) in [5.74, 6) is 0.249. The van der Waals surface area contributed by atoms with Crippen LogP contribution in [-0.2, 0) is 4.79 Å². The number of anilines is 1. The molecule has 0 aliphatic carbocycles. The Kier molecular flexibility index (Phi) is 7.14. The third kappa shape index (κ3) is 4.88. The Morgan fingerprint density at radius 3 is 2.46 bits per heavy atom. The number of carbonyl (C=O) groups excluding carboxylic acids is 1. The average Bonchev–Trinajstić information content (AvgIpc) is 2.66. The smallest absolute Gasteiger partial charge is 0.270 e. The van der Waals surface area contributed by atoms with Crippen LogP contribution in [0.1, 0.15) is 5.56 Å². The van der Waals surface area contributed by atoms with Crippen molar-refractivity contribution in [2.75, 3.05) is 19.5 Å². The summed E-state index contributed by atoms with van der Waals surface area (Å²) in [5, 5.41) is 22.7. The number of carbonyl (C=O) groups is 1. The van der Waals surface area contributed by atoms with E-state index < -0.39 is 10.8 Å². The number of non-ortho nitro benzene ring substituents is 1. The van der Waals surface area contributed by atoms with Crippen molar-refractivity contribution >= 4 is 55.2 Å². The molecule has 0 aliphatic rings. The molecular formula is C18H13Br2N3O5. The number of nitrogens with zero attached hydrogens (tertiary/aromatic N) is 2. The molecule has 0 spiro atoms. The highest BCUT2D eigenvalue weighted by atomic mass is 79.9. The summed E-state index contributed by atoms with van der Waals surface area (Å²) < 4.78 is 11.4. The molecule has 0 fully saturated rings. The van der Waals surface area contributed by atoms with Crippen LogP contribution in [-0.4, -0.2) is 25.1 Å². The van der Waals surface area contributed by atoms with E-state index in [1.807, 2.05) is 6.07 Å². The molecule has 28 heavy (non-hydrogen) atoms. The number of nitrogens with one attached hydrogen (secondary N) is 1. The molecule has 1 N–H and O–H groups in total. The van der Waals surface area contributed by atoms with E-state index in [9.17, 15) is 20.2 Å². The highest BCUT2D eigenvalue weighted by molar-refractivity contribution is 9.11. The number of amides is 1. The molecule has 8 nitrogen and oxygen atoms in total. The van der Waals surface area contributed by atoms with Gasteiger partial charge >= 0.3 is 0 Å². The van der Waals surface area contributed by atoms with E-state index in [1.165, 1.54) is 38.5 Å². The lowest BCUT2D eigenvalue weighted by atomic mass is 10.1. The Morgan fingerprint density at radius 1 is 1.21 bits per heavy atom. The highest BCUT2D eigenvalue weighted by Gasteiger charge is 2.15. The van der Waals surface area contributed by atoms with Crippen LogP contribution in [0.5, 0.6) is 11.5 Å². The first-order valence-electron chi connectivity index (χ1n) is 7.59. The van der Waals surface area contributed by atoms with Crippen LogP contribution < -0.4 is 14.8 Å². The fraction of sp³-hybridized carbons (Fsp3) is 0.111. The van der Waals surface area contributed by atoms with Crippen molar-refractivity contribution < 1.29 is 19.2 Å². The highest BCUT2D eigenvalue weighted by Crippen LogP contribution is 2.37. The van der Waals surface area contributed by atoms with Crippen LogP contribution in [0.4, 0.5) is 11.4 Å². The number of nitro benzene ring substituents is 1. The number of ether oxygens (including phenoxy) is 2. The van der Waals surface area contributed by atoms with Crippen molar-refractivity contribution in [1.82, 2.24) is 0 Å². The van der Waals surface area contributed by atoms with Gasteiger partial charge in [0.05, 0.1) is 29.3 Å². The predicted molar refractivity (Wildman–Crippen MR) is 110 cm³/mol. The maximum absolute atomic E-state index is 12.5. The summed E-state index contributed by atoms with van der Waals surface area (Å²) in [6.07, 6.45) is 1.39. The van der Waals surface area contributed by atoms with E-state index in [2.05, 4.69) is 37.2 Å². The summed E-state index contributed by atoms with van der Waals surface area (Å²) in [6.45, 7) is 0. The number of nitriles is 1. The second-order valence-corrected chi connectivity index (χ2v) is 6.99. The van der Waals surface area contributed by atoms with Crippen LogP contribution in [0.25, 0.3) is 6.08 Å². The molecule has 10 heteroatoms. The minimum atomic E-state index is -0.664. The summed E-state index contributed by atoms with van der Waals surface area (Å²) in [5.41, 5.74) is 0.546. The van der Waals surface area contributed by atoms with Crippen molar-refractivity contribution in [3.63, 3.8) is 0 Å².